The van der Waals surface area contributed by atoms with Crippen molar-refractivity contribution in [1.29, 1.82) is 0 Å². The number of nitrogens with two attached hydrogens (primary N) is 2. The van der Waals surface area contributed by atoms with E-state index in [0.29, 0.717) is 0 Å². The van der Waals surface area contributed by atoms with Crippen molar-refractivity contribution in [2.24, 2.45) is 11.5 Å². The van der Waals surface area contributed by atoms with Gasteiger partial charge in [0.25, 0.3) is 0 Å². The van der Waals surface area contributed by atoms with Crippen LogP contribution in [0.3, 0.4) is 0 Å². The fourth-order valence-corrected chi connectivity index (χ4v) is 0.803. The van der Waals surface area contributed by atoms with E-state index in [0.717, 1.165) is 0 Å². The van der Waals surface area contributed by atoms with Gasteiger partial charge in [0.2, 0.25) is 0 Å². The molecule has 0 aliphatic carbocycles. The summed E-state index contributed by atoms with van der Waals surface area (Å²) in [5.41, 5.74) is 9.82. The van der Waals surface area contributed by atoms with Gasteiger partial charge in [0, 0.05) is 13.1 Å². The Morgan fingerprint density at radius 2 is 1.60 bits per heavy atom. The second-order valence-electron chi connectivity index (χ2n) is 1.59. The summed E-state index contributed by atoms with van der Waals surface area (Å²) >= 11 is 0. The summed E-state index contributed by atoms with van der Waals surface area (Å²) in [6.45, 7) is -0.412. The molecule has 0 radical (unpaired) electrons. The van der Waals surface area contributed by atoms with Crippen molar-refractivity contribution in [3.8, 4) is 0 Å². The van der Waals surface area contributed by atoms with E-state index in [4.69, 9.17) is 11.5 Å². The van der Waals surface area contributed by atoms with Crippen LogP contribution in [0.15, 0.2) is 0 Å². The third-order valence-electron chi connectivity index (χ3n) is 0.934. The molecule has 0 spiro atoms. The Morgan fingerprint density at radius 1 is 1.30 bits per heavy atom. The van der Waals surface area contributed by atoms with Gasteiger partial charge in [-0.25, -0.2) is 8.42 Å². The van der Waals surface area contributed by atoms with Crippen molar-refractivity contribution in [3.05, 3.63) is 0 Å². The maximum absolute atomic E-state index is 10.1. The molecule has 0 saturated carbocycles. The molecule has 0 atom stereocenters. The Balaban J connectivity index is 0. The molecule has 0 saturated heterocycles. The molecule has 5 nitrogen and oxygen atoms in total. The average molecular weight is 176 g/mol. The van der Waals surface area contributed by atoms with Crippen LogP contribution in [-0.4, -0.2) is 31.3 Å². The average Bonchev–Trinajstić information content (AvgIpc) is 1.65. The molecule has 0 unspecified atom stereocenters. The summed E-state index contributed by atoms with van der Waals surface area (Å²) < 4.78 is 30.2. The van der Waals surface area contributed by atoms with E-state index in [-0.39, 0.29) is 42.6 Å². The Morgan fingerprint density at radius 3 is 1.60 bits per heavy atom. The van der Waals surface area contributed by atoms with E-state index >= 15 is 0 Å². The SMILES string of the molecule is NCC(CN)S(=O)(=O)[O-].[Na+]. The Hall–Kier alpha value is 0.830. The monoisotopic (exact) mass is 176 g/mol. The molecule has 0 bridgehead atoms. The first kappa shape index (κ1) is 13.4. The van der Waals surface area contributed by atoms with Crippen molar-refractivity contribution in [1.82, 2.24) is 0 Å². The summed E-state index contributed by atoms with van der Waals surface area (Å²) in [5, 5.41) is -1.13. The molecule has 56 valence electrons. The topological polar surface area (TPSA) is 109 Å². The zero-order valence-corrected chi connectivity index (χ0v) is 8.60. The normalized spacial score (nSPS) is 11.2. The Kier molecular flexibility index (Phi) is 7.35. The van der Waals surface area contributed by atoms with Crippen molar-refractivity contribution >= 4 is 10.1 Å². The standard InChI is InChI=1S/C3H10N2O3S.Na/c4-1-3(2-5)9(6,7)8;/h3H,1-2,4-5H2,(H,6,7,8);/q;+1/p-1. The summed E-state index contributed by atoms with van der Waals surface area (Å²) in [5.74, 6) is 0. The number of rotatable bonds is 3. The van der Waals surface area contributed by atoms with Crippen LogP contribution in [0.5, 0.6) is 0 Å². The minimum Gasteiger partial charge on any atom is -0.748 e. The van der Waals surface area contributed by atoms with E-state index < -0.39 is 15.4 Å². The number of hydrogen-bond donors (Lipinski definition) is 2. The minimum absolute atomic E-state index is 0. The Bertz CT molecular complexity index is 165. The predicted molar refractivity (Wildman–Crippen MR) is 31.6 cm³/mol. The summed E-state index contributed by atoms with van der Waals surface area (Å²) in [6.07, 6.45) is 0. The minimum atomic E-state index is -4.27. The van der Waals surface area contributed by atoms with Crippen molar-refractivity contribution in [2.45, 2.75) is 5.25 Å². The first-order valence-corrected chi connectivity index (χ1v) is 3.84. The molecule has 0 aromatic carbocycles. The maximum atomic E-state index is 10.1. The van der Waals surface area contributed by atoms with Crippen LogP contribution in [-0.2, 0) is 10.1 Å². The van der Waals surface area contributed by atoms with Crippen LogP contribution in [0.25, 0.3) is 0 Å². The van der Waals surface area contributed by atoms with Crippen LogP contribution in [0, 0.1) is 0 Å². The molecule has 0 aromatic rings. The largest absolute Gasteiger partial charge is 1.00 e. The molecule has 0 rings (SSSR count). The van der Waals surface area contributed by atoms with Gasteiger partial charge in [-0.3, -0.25) is 0 Å². The second kappa shape index (κ2) is 5.48. The van der Waals surface area contributed by atoms with E-state index in [1.807, 2.05) is 0 Å². The van der Waals surface area contributed by atoms with Crippen LogP contribution in [0.2, 0.25) is 0 Å². The van der Waals surface area contributed by atoms with Gasteiger partial charge in [0.05, 0.1) is 5.25 Å². The van der Waals surface area contributed by atoms with Crippen LogP contribution < -0.4 is 41.0 Å². The third-order valence-corrected chi connectivity index (χ3v) is 2.14. The number of hydrogen-bond acceptors (Lipinski definition) is 5. The first-order chi connectivity index (χ1) is 4.02. The first-order valence-electron chi connectivity index (χ1n) is 2.37. The molecule has 0 fully saturated rings. The van der Waals surface area contributed by atoms with E-state index in [1.54, 1.807) is 0 Å². The quantitative estimate of drug-likeness (QED) is 0.330. The molecular formula is C3H9N2NaO3S. The summed E-state index contributed by atoms with van der Waals surface area (Å²) in [7, 11) is -4.27. The maximum Gasteiger partial charge on any atom is 1.00 e. The van der Waals surface area contributed by atoms with Crippen molar-refractivity contribution in [3.63, 3.8) is 0 Å². The molecule has 10 heavy (non-hydrogen) atoms. The molecule has 0 heterocycles. The van der Waals surface area contributed by atoms with Crippen molar-refractivity contribution < 1.29 is 42.5 Å². The Labute approximate surface area is 82.2 Å². The van der Waals surface area contributed by atoms with Crippen LogP contribution >= 0.6 is 0 Å². The molecule has 0 aliphatic rings. The molecule has 0 amide bonds. The fourth-order valence-electron chi connectivity index (χ4n) is 0.332. The zero-order chi connectivity index (χ0) is 7.49. The van der Waals surface area contributed by atoms with Crippen LogP contribution in [0.4, 0.5) is 0 Å². The van der Waals surface area contributed by atoms with Gasteiger partial charge < -0.3 is 16.0 Å². The molecular weight excluding hydrogens is 167 g/mol. The summed E-state index contributed by atoms with van der Waals surface area (Å²) in [6, 6.07) is 0. The van der Waals surface area contributed by atoms with Crippen LogP contribution in [0.1, 0.15) is 0 Å². The third kappa shape index (κ3) is 4.62. The van der Waals surface area contributed by atoms with Gasteiger partial charge in [-0.1, -0.05) is 0 Å². The van der Waals surface area contributed by atoms with Crippen molar-refractivity contribution in [2.75, 3.05) is 13.1 Å². The van der Waals surface area contributed by atoms with Gasteiger partial charge in [-0.15, -0.1) is 0 Å². The van der Waals surface area contributed by atoms with Gasteiger partial charge >= 0.3 is 29.6 Å². The van der Waals surface area contributed by atoms with Gasteiger partial charge in [0.15, 0.2) is 0 Å². The van der Waals surface area contributed by atoms with E-state index in [9.17, 15) is 13.0 Å². The molecule has 7 heteroatoms. The summed E-state index contributed by atoms with van der Waals surface area (Å²) in [4.78, 5) is 0. The van der Waals surface area contributed by atoms with Gasteiger partial charge in [-0.05, 0) is 0 Å². The molecule has 0 aliphatic heterocycles. The van der Waals surface area contributed by atoms with Gasteiger partial charge in [-0.2, -0.15) is 0 Å². The van der Waals surface area contributed by atoms with E-state index in [2.05, 4.69) is 0 Å². The van der Waals surface area contributed by atoms with E-state index in [1.165, 1.54) is 0 Å². The molecule has 4 N–H and O–H groups in total. The second-order valence-corrected chi connectivity index (χ2v) is 3.24. The smallest absolute Gasteiger partial charge is 0.748 e. The predicted octanol–water partition coefficient (Wildman–Crippen LogP) is -5.18. The molecule has 0 aromatic heterocycles. The fraction of sp³-hybridized carbons (Fsp3) is 1.00. The zero-order valence-electron chi connectivity index (χ0n) is 5.78. The van der Waals surface area contributed by atoms with Gasteiger partial charge in [0.1, 0.15) is 10.1 Å².